The first kappa shape index (κ1) is 10.1. The summed E-state index contributed by atoms with van der Waals surface area (Å²) in [6, 6.07) is 10.7. The van der Waals surface area contributed by atoms with Gasteiger partial charge in [0.05, 0.1) is 0 Å². The van der Waals surface area contributed by atoms with Gasteiger partial charge in [0.2, 0.25) is 0 Å². The summed E-state index contributed by atoms with van der Waals surface area (Å²) in [5, 5.41) is 0.455. The monoisotopic (exact) mass is 206 g/mol. The molecule has 14 heavy (non-hydrogen) atoms. The molecule has 1 heteroatoms. The third kappa shape index (κ3) is 2.33. The maximum Gasteiger partial charge on any atom is 0.0295 e. The Hall–Kier alpha value is -0.430. The minimum atomic E-state index is 0.455. The normalized spacial score (nSPS) is 20.6. The van der Waals surface area contributed by atoms with Crippen molar-refractivity contribution in [3.8, 4) is 0 Å². The molecule has 1 aliphatic rings. The van der Waals surface area contributed by atoms with E-state index < -0.39 is 0 Å². The highest BCUT2D eigenvalue weighted by atomic mass is 32.1. The Bertz CT molecular complexity index is 262. The molecule has 1 atom stereocenters. The zero-order chi connectivity index (χ0) is 9.80. The number of hydrogen-bond donors (Lipinski definition) is 1. The fourth-order valence-corrected chi connectivity index (χ4v) is 2.84. The van der Waals surface area contributed by atoms with Crippen molar-refractivity contribution in [2.75, 3.05) is 0 Å². The summed E-state index contributed by atoms with van der Waals surface area (Å²) in [6.45, 7) is 0. The van der Waals surface area contributed by atoms with Crippen LogP contribution in [-0.2, 0) is 0 Å². The molecular formula is C13H18S. The molecule has 0 aliphatic heterocycles. The molecule has 0 saturated heterocycles. The Morgan fingerprint density at radius 2 is 1.64 bits per heavy atom. The molecule has 0 nitrogen and oxygen atoms in total. The van der Waals surface area contributed by atoms with E-state index >= 15 is 0 Å². The van der Waals surface area contributed by atoms with Crippen LogP contribution in [0.4, 0.5) is 0 Å². The second-order valence-corrected chi connectivity index (χ2v) is 4.81. The molecular weight excluding hydrogens is 188 g/mol. The van der Waals surface area contributed by atoms with Crippen LogP contribution >= 0.6 is 12.6 Å². The number of rotatable bonds is 2. The Morgan fingerprint density at radius 3 is 2.29 bits per heavy atom. The predicted octanol–water partition coefficient (Wildman–Crippen LogP) is 4.24. The Balaban J connectivity index is 2.03. The lowest BCUT2D eigenvalue weighted by atomic mass is 9.84. The first-order chi connectivity index (χ1) is 6.88. The van der Waals surface area contributed by atoms with Crippen LogP contribution in [0.3, 0.4) is 0 Å². The lowest BCUT2D eigenvalue weighted by Gasteiger charge is -2.27. The quantitative estimate of drug-likeness (QED) is 0.688. The number of benzene rings is 1. The predicted molar refractivity (Wildman–Crippen MR) is 64.7 cm³/mol. The topological polar surface area (TPSA) is 0 Å². The van der Waals surface area contributed by atoms with Gasteiger partial charge in [-0.15, -0.1) is 0 Å². The smallest absolute Gasteiger partial charge is 0.0295 e. The molecule has 0 heterocycles. The minimum absolute atomic E-state index is 0.455. The fourth-order valence-electron chi connectivity index (χ4n) is 2.37. The van der Waals surface area contributed by atoms with Crippen LogP contribution < -0.4 is 0 Å². The molecule has 1 aromatic rings. The number of hydrogen-bond acceptors (Lipinski definition) is 1. The molecule has 1 aromatic carbocycles. The van der Waals surface area contributed by atoms with Crippen LogP contribution in [0.25, 0.3) is 0 Å². The average molecular weight is 206 g/mol. The molecule has 0 unspecified atom stereocenters. The van der Waals surface area contributed by atoms with Gasteiger partial charge in [-0.05, 0) is 24.3 Å². The molecule has 1 aliphatic carbocycles. The van der Waals surface area contributed by atoms with Crippen LogP contribution in [0.5, 0.6) is 0 Å². The maximum absolute atomic E-state index is 4.76. The van der Waals surface area contributed by atoms with Crippen LogP contribution in [-0.4, -0.2) is 0 Å². The molecule has 0 bridgehead atoms. The van der Waals surface area contributed by atoms with Crippen LogP contribution in [0.2, 0.25) is 0 Å². The minimum Gasteiger partial charge on any atom is -0.171 e. The Morgan fingerprint density at radius 1 is 1.00 bits per heavy atom. The summed E-state index contributed by atoms with van der Waals surface area (Å²) < 4.78 is 0. The highest BCUT2D eigenvalue weighted by Crippen LogP contribution is 2.38. The lowest BCUT2D eigenvalue weighted by molar-refractivity contribution is 0.352. The second-order valence-electron chi connectivity index (χ2n) is 4.25. The zero-order valence-corrected chi connectivity index (χ0v) is 9.42. The third-order valence-corrected chi connectivity index (χ3v) is 3.96. The molecule has 1 fully saturated rings. The van der Waals surface area contributed by atoms with E-state index in [1.165, 1.54) is 37.7 Å². The van der Waals surface area contributed by atoms with Gasteiger partial charge in [-0.25, -0.2) is 0 Å². The highest BCUT2D eigenvalue weighted by Gasteiger charge is 2.21. The first-order valence-electron chi connectivity index (χ1n) is 5.61. The SMILES string of the molecule is S[C@@H](c1ccccc1)C1CCCCC1. The molecule has 0 spiro atoms. The van der Waals surface area contributed by atoms with E-state index in [0.717, 1.165) is 5.92 Å². The van der Waals surface area contributed by atoms with Gasteiger partial charge in [0, 0.05) is 5.25 Å². The highest BCUT2D eigenvalue weighted by molar-refractivity contribution is 7.80. The summed E-state index contributed by atoms with van der Waals surface area (Å²) in [5.74, 6) is 0.800. The van der Waals surface area contributed by atoms with E-state index in [9.17, 15) is 0 Å². The van der Waals surface area contributed by atoms with Gasteiger partial charge in [0.15, 0.2) is 0 Å². The van der Waals surface area contributed by atoms with Crippen molar-refractivity contribution >= 4 is 12.6 Å². The largest absolute Gasteiger partial charge is 0.171 e. The van der Waals surface area contributed by atoms with Crippen molar-refractivity contribution < 1.29 is 0 Å². The van der Waals surface area contributed by atoms with Crippen molar-refractivity contribution in [1.82, 2.24) is 0 Å². The summed E-state index contributed by atoms with van der Waals surface area (Å²) in [6.07, 6.45) is 6.95. The van der Waals surface area contributed by atoms with E-state index in [0.29, 0.717) is 5.25 Å². The molecule has 0 radical (unpaired) electrons. The second kappa shape index (κ2) is 4.88. The fraction of sp³-hybridized carbons (Fsp3) is 0.538. The van der Waals surface area contributed by atoms with Crippen LogP contribution in [0.1, 0.15) is 42.9 Å². The van der Waals surface area contributed by atoms with E-state index in [2.05, 4.69) is 30.3 Å². The molecule has 0 aromatic heterocycles. The molecule has 1 saturated carbocycles. The van der Waals surface area contributed by atoms with Gasteiger partial charge >= 0.3 is 0 Å². The molecule has 76 valence electrons. The molecule has 2 rings (SSSR count). The first-order valence-corrected chi connectivity index (χ1v) is 6.12. The van der Waals surface area contributed by atoms with E-state index in [1.54, 1.807) is 0 Å². The zero-order valence-electron chi connectivity index (χ0n) is 8.52. The van der Waals surface area contributed by atoms with Crippen molar-refractivity contribution in [1.29, 1.82) is 0 Å². The van der Waals surface area contributed by atoms with Crippen molar-refractivity contribution in [3.63, 3.8) is 0 Å². The summed E-state index contributed by atoms with van der Waals surface area (Å²) in [5.41, 5.74) is 1.39. The lowest BCUT2D eigenvalue weighted by Crippen LogP contribution is -2.12. The van der Waals surface area contributed by atoms with E-state index in [4.69, 9.17) is 12.6 Å². The Labute approximate surface area is 92.1 Å². The standard InChI is InChI=1S/C13H18S/c14-13(11-7-3-1-4-8-11)12-9-5-2-6-10-12/h1,3-4,7-8,12-14H,2,5-6,9-10H2/t13-/m0/s1. The third-order valence-electron chi connectivity index (χ3n) is 3.24. The van der Waals surface area contributed by atoms with Crippen molar-refractivity contribution in [2.45, 2.75) is 37.4 Å². The van der Waals surface area contributed by atoms with Gasteiger partial charge < -0.3 is 0 Å². The number of thiol groups is 1. The van der Waals surface area contributed by atoms with Crippen molar-refractivity contribution in [3.05, 3.63) is 35.9 Å². The van der Waals surface area contributed by atoms with Gasteiger partial charge in [-0.2, -0.15) is 12.6 Å². The van der Waals surface area contributed by atoms with Crippen LogP contribution in [0, 0.1) is 5.92 Å². The van der Waals surface area contributed by atoms with Gasteiger partial charge in [0.25, 0.3) is 0 Å². The van der Waals surface area contributed by atoms with Crippen molar-refractivity contribution in [2.24, 2.45) is 5.92 Å². The molecule has 0 N–H and O–H groups in total. The molecule has 0 amide bonds. The van der Waals surface area contributed by atoms with E-state index in [1.807, 2.05) is 0 Å². The summed E-state index contributed by atoms with van der Waals surface area (Å²) in [7, 11) is 0. The maximum atomic E-state index is 4.76. The summed E-state index contributed by atoms with van der Waals surface area (Å²) >= 11 is 4.76. The van der Waals surface area contributed by atoms with E-state index in [-0.39, 0.29) is 0 Å². The van der Waals surface area contributed by atoms with Crippen LogP contribution in [0.15, 0.2) is 30.3 Å². The van der Waals surface area contributed by atoms with Gasteiger partial charge in [-0.3, -0.25) is 0 Å². The van der Waals surface area contributed by atoms with Gasteiger partial charge in [-0.1, -0.05) is 49.6 Å². The Kier molecular flexibility index (Phi) is 3.52. The summed E-state index contributed by atoms with van der Waals surface area (Å²) in [4.78, 5) is 0. The van der Waals surface area contributed by atoms with Gasteiger partial charge in [0.1, 0.15) is 0 Å². The average Bonchev–Trinajstić information content (AvgIpc) is 2.30.